The number of benzene rings is 2. The Morgan fingerprint density at radius 1 is 1.19 bits per heavy atom. The average Bonchev–Trinajstić information content (AvgIpc) is 2.92. The van der Waals surface area contributed by atoms with Crippen molar-refractivity contribution in [2.45, 2.75) is 6.61 Å². The highest BCUT2D eigenvalue weighted by Gasteiger charge is 2.13. The van der Waals surface area contributed by atoms with Crippen LogP contribution in [0.25, 0.3) is 0 Å². The molecular formula is C15H11BrO5. The van der Waals surface area contributed by atoms with Crippen LogP contribution in [0.4, 0.5) is 0 Å². The summed E-state index contributed by atoms with van der Waals surface area (Å²) in [5, 5.41) is 9.02. The molecule has 0 radical (unpaired) electrons. The molecule has 0 unspecified atom stereocenters. The number of aromatic carboxylic acids is 1. The Morgan fingerprint density at radius 3 is 2.81 bits per heavy atom. The van der Waals surface area contributed by atoms with Gasteiger partial charge >= 0.3 is 5.97 Å². The van der Waals surface area contributed by atoms with Crippen LogP contribution < -0.4 is 14.2 Å². The van der Waals surface area contributed by atoms with Crippen LogP contribution >= 0.6 is 15.9 Å². The van der Waals surface area contributed by atoms with Crippen LogP contribution in [0.5, 0.6) is 17.2 Å². The van der Waals surface area contributed by atoms with Gasteiger partial charge in [-0.1, -0.05) is 22.0 Å². The van der Waals surface area contributed by atoms with E-state index in [4.69, 9.17) is 19.3 Å². The minimum atomic E-state index is -0.996. The molecule has 5 nitrogen and oxygen atoms in total. The van der Waals surface area contributed by atoms with Crippen molar-refractivity contribution in [2.24, 2.45) is 0 Å². The van der Waals surface area contributed by atoms with Gasteiger partial charge in [-0.15, -0.1) is 0 Å². The van der Waals surface area contributed by atoms with Crippen molar-refractivity contribution in [2.75, 3.05) is 6.79 Å². The minimum absolute atomic E-state index is 0.171. The van der Waals surface area contributed by atoms with Crippen molar-refractivity contribution in [1.82, 2.24) is 0 Å². The van der Waals surface area contributed by atoms with E-state index in [-0.39, 0.29) is 12.4 Å². The number of ether oxygens (including phenoxy) is 3. The van der Waals surface area contributed by atoms with Gasteiger partial charge in [0, 0.05) is 4.47 Å². The molecule has 0 saturated carbocycles. The van der Waals surface area contributed by atoms with Crippen LogP contribution in [-0.2, 0) is 6.61 Å². The number of carboxylic acids is 1. The third-order valence-corrected chi connectivity index (χ3v) is 3.42. The van der Waals surface area contributed by atoms with Gasteiger partial charge < -0.3 is 19.3 Å². The molecular weight excluding hydrogens is 340 g/mol. The zero-order chi connectivity index (χ0) is 14.8. The first-order chi connectivity index (χ1) is 10.1. The van der Waals surface area contributed by atoms with E-state index in [1.807, 2.05) is 18.2 Å². The summed E-state index contributed by atoms with van der Waals surface area (Å²) in [6, 6.07) is 10.3. The molecule has 0 aliphatic carbocycles. The van der Waals surface area contributed by atoms with Crippen molar-refractivity contribution in [3.05, 3.63) is 52.0 Å². The number of rotatable bonds is 4. The first-order valence-electron chi connectivity index (χ1n) is 6.17. The zero-order valence-electron chi connectivity index (χ0n) is 10.8. The number of halogens is 1. The quantitative estimate of drug-likeness (QED) is 0.914. The summed E-state index contributed by atoms with van der Waals surface area (Å²) in [7, 11) is 0. The van der Waals surface area contributed by atoms with Gasteiger partial charge in [-0.25, -0.2) is 4.79 Å². The standard InChI is InChI=1S/C15H11BrO5/c16-11-4-10(15(17)18)5-12(6-11)19-7-9-1-2-13-14(3-9)21-8-20-13/h1-6H,7-8H2,(H,17,18). The first kappa shape index (κ1) is 13.8. The predicted octanol–water partition coefficient (Wildman–Crippen LogP) is 3.46. The average molecular weight is 351 g/mol. The molecule has 21 heavy (non-hydrogen) atoms. The van der Waals surface area contributed by atoms with Gasteiger partial charge in [0.25, 0.3) is 0 Å². The summed E-state index contributed by atoms with van der Waals surface area (Å²) >= 11 is 3.27. The lowest BCUT2D eigenvalue weighted by Crippen LogP contribution is -1.99. The van der Waals surface area contributed by atoms with Gasteiger partial charge in [-0.2, -0.15) is 0 Å². The lowest BCUT2D eigenvalue weighted by atomic mass is 10.2. The summed E-state index contributed by atoms with van der Waals surface area (Å²) in [6.07, 6.45) is 0. The van der Waals surface area contributed by atoms with Gasteiger partial charge in [-0.3, -0.25) is 0 Å². The van der Waals surface area contributed by atoms with Gasteiger partial charge in [0.2, 0.25) is 6.79 Å². The third kappa shape index (κ3) is 3.11. The van der Waals surface area contributed by atoms with Crippen LogP contribution in [0.2, 0.25) is 0 Å². The summed E-state index contributed by atoms with van der Waals surface area (Å²) in [5.74, 6) is 0.898. The molecule has 0 fully saturated rings. The Kier molecular flexibility index (Phi) is 3.70. The molecule has 0 saturated heterocycles. The minimum Gasteiger partial charge on any atom is -0.489 e. The molecule has 0 atom stereocenters. The number of carboxylic acid groups (broad SMARTS) is 1. The molecule has 1 N–H and O–H groups in total. The second-order valence-corrected chi connectivity index (χ2v) is 5.37. The lowest BCUT2D eigenvalue weighted by molar-refractivity contribution is 0.0696. The van der Waals surface area contributed by atoms with E-state index in [1.54, 1.807) is 6.07 Å². The number of carbonyl (C=O) groups is 1. The summed E-state index contributed by atoms with van der Waals surface area (Å²) in [6.45, 7) is 0.541. The van der Waals surface area contributed by atoms with Crippen molar-refractivity contribution >= 4 is 21.9 Å². The van der Waals surface area contributed by atoms with E-state index in [9.17, 15) is 4.79 Å². The summed E-state index contributed by atoms with van der Waals surface area (Å²) in [5.41, 5.74) is 1.08. The summed E-state index contributed by atoms with van der Waals surface area (Å²) < 4.78 is 16.8. The van der Waals surface area contributed by atoms with Gasteiger partial charge in [0.1, 0.15) is 12.4 Å². The molecule has 2 aromatic rings. The normalized spacial score (nSPS) is 12.2. The molecule has 1 heterocycles. The highest BCUT2D eigenvalue weighted by molar-refractivity contribution is 9.10. The van der Waals surface area contributed by atoms with Crippen LogP contribution in [0.3, 0.4) is 0 Å². The number of hydrogen-bond donors (Lipinski definition) is 1. The van der Waals surface area contributed by atoms with Gasteiger partial charge in [0.05, 0.1) is 5.56 Å². The van der Waals surface area contributed by atoms with E-state index in [0.29, 0.717) is 22.6 Å². The van der Waals surface area contributed by atoms with Crippen LogP contribution in [0.15, 0.2) is 40.9 Å². The molecule has 3 rings (SSSR count). The number of hydrogen-bond acceptors (Lipinski definition) is 4. The second kappa shape index (κ2) is 5.65. The van der Waals surface area contributed by atoms with Crippen molar-refractivity contribution in [3.8, 4) is 17.2 Å². The smallest absolute Gasteiger partial charge is 0.335 e. The zero-order valence-corrected chi connectivity index (χ0v) is 12.4. The first-order valence-corrected chi connectivity index (χ1v) is 6.96. The van der Waals surface area contributed by atoms with E-state index in [2.05, 4.69) is 15.9 Å². The Bertz CT molecular complexity index is 698. The highest BCUT2D eigenvalue weighted by Crippen LogP contribution is 2.33. The van der Waals surface area contributed by atoms with Gasteiger partial charge in [-0.05, 0) is 35.9 Å². The second-order valence-electron chi connectivity index (χ2n) is 4.46. The molecule has 1 aliphatic heterocycles. The lowest BCUT2D eigenvalue weighted by Gasteiger charge is -2.08. The summed E-state index contributed by atoms with van der Waals surface area (Å²) in [4.78, 5) is 11.0. The van der Waals surface area contributed by atoms with E-state index in [0.717, 1.165) is 11.3 Å². The van der Waals surface area contributed by atoms with E-state index in [1.165, 1.54) is 12.1 Å². The Hall–Kier alpha value is -2.21. The fourth-order valence-electron chi connectivity index (χ4n) is 1.97. The Labute approximate surface area is 129 Å². The maximum absolute atomic E-state index is 11.0. The van der Waals surface area contributed by atoms with Crippen LogP contribution in [0, 0.1) is 0 Å². The topological polar surface area (TPSA) is 65.0 Å². The maximum atomic E-state index is 11.0. The molecule has 0 aromatic heterocycles. The van der Waals surface area contributed by atoms with Crippen molar-refractivity contribution in [1.29, 1.82) is 0 Å². The van der Waals surface area contributed by atoms with E-state index >= 15 is 0 Å². The fraction of sp³-hybridized carbons (Fsp3) is 0.133. The highest BCUT2D eigenvalue weighted by atomic mass is 79.9. The van der Waals surface area contributed by atoms with Crippen LogP contribution in [0.1, 0.15) is 15.9 Å². The molecule has 1 aliphatic rings. The molecule has 2 aromatic carbocycles. The largest absolute Gasteiger partial charge is 0.489 e. The SMILES string of the molecule is O=C(O)c1cc(Br)cc(OCc2ccc3c(c2)OCO3)c1. The number of fused-ring (bicyclic) bond motifs is 1. The third-order valence-electron chi connectivity index (χ3n) is 2.96. The maximum Gasteiger partial charge on any atom is 0.335 e. The molecule has 0 amide bonds. The fourth-order valence-corrected chi connectivity index (χ4v) is 2.44. The van der Waals surface area contributed by atoms with Crippen LogP contribution in [-0.4, -0.2) is 17.9 Å². The van der Waals surface area contributed by atoms with Crippen molar-refractivity contribution in [3.63, 3.8) is 0 Å². The predicted molar refractivity (Wildman–Crippen MR) is 78.0 cm³/mol. The molecule has 0 bridgehead atoms. The molecule has 6 heteroatoms. The Balaban J connectivity index is 1.74. The van der Waals surface area contributed by atoms with Gasteiger partial charge in [0.15, 0.2) is 11.5 Å². The molecule has 108 valence electrons. The monoisotopic (exact) mass is 350 g/mol. The Morgan fingerprint density at radius 2 is 2.00 bits per heavy atom. The van der Waals surface area contributed by atoms with Crippen molar-refractivity contribution < 1.29 is 24.1 Å². The molecule has 0 spiro atoms. The van der Waals surface area contributed by atoms with E-state index < -0.39 is 5.97 Å².